The fourth-order valence-electron chi connectivity index (χ4n) is 2.58. The highest BCUT2D eigenvalue weighted by molar-refractivity contribution is 9.09. The summed E-state index contributed by atoms with van der Waals surface area (Å²) in [6.07, 6.45) is -5.00. The molecule has 0 bridgehead atoms. The van der Waals surface area contributed by atoms with E-state index < -0.39 is 28.6 Å². The molecule has 0 aromatic heterocycles. The smallest absolute Gasteiger partial charge is 0.416 e. The minimum absolute atomic E-state index is 0.399. The lowest BCUT2D eigenvalue weighted by Gasteiger charge is -2.18. The van der Waals surface area contributed by atoms with E-state index in [1.54, 1.807) is 18.2 Å². The van der Waals surface area contributed by atoms with E-state index in [1.807, 2.05) is 0 Å². The number of cyclic esters (lactones) is 1. The van der Waals surface area contributed by atoms with Gasteiger partial charge in [-0.1, -0.05) is 34.1 Å². The first-order valence-electron chi connectivity index (χ1n) is 7.01. The van der Waals surface area contributed by atoms with Crippen LogP contribution in [0, 0.1) is 0 Å². The number of methoxy groups -OCH3 is 1. The fourth-order valence-corrected chi connectivity index (χ4v) is 3.28. The topological polar surface area (TPSA) is 35.5 Å². The average Bonchev–Trinajstić information content (AvgIpc) is 2.90. The number of rotatable bonds is 3. The van der Waals surface area contributed by atoms with Crippen molar-refractivity contribution in [3.05, 3.63) is 64.7 Å². The molecule has 1 aliphatic rings. The predicted octanol–water partition coefficient (Wildman–Crippen LogP) is 5.06. The Balaban J connectivity index is 1.89. The van der Waals surface area contributed by atoms with Crippen LogP contribution in [0.5, 0.6) is 5.75 Å². The number of hydrogen-bond donors (Lipinski definition) is 0. The number of fused-ring (bicyclic) bond motifs is 1. The molecule has 126 valence electrons. The van der Waals surface area contributed by atoms with Gasteiger partial charge in [-0.2, -0.15) is 13.2 Å². The highest BCUT2D eigenvalue weighted by atomic mass is 79.9. The summed E-state index contributed by atoms with van der Waals surface area (Å²) >= 11 is 3.43. The van der Waals surface area contributed by atoms with Crippen LogP contribution < -0.4 is 4.74 Å². The Morgan fingerprint density at radius 3 is 2.42 bits per heavy atom. The molecule has 1 aliphatic heterocycles. The molecular weight excluding hydrogens is 389 g/mol. The molecule has 1 heterocycles. The Bertz CT molecular complexity index is 772. The number of alkyl halides is 4. The lowest BCUT2D eigenvalue weighted by molar-refractivity contribution is -0.137. The normalized spacial score (nSPS) is 18.0. The molecule has 24 heavy (non-hydrogen) atoms. The third-order valence-electron chi connectivity index (χ3n) is 3.84. The van der Waals surface area contributed by atoms with Crippen molar-refractivity contribution in [2.45, 2.75) is 17.1 Å². The second kappa shape index (κ2) is 6.12. The first-order valence-corrected chi connectivity index (χ1v) is 7.93. The molecule has 2 atom stereocenters. The molecule has 0 amide bonds. The predicted molar refractivity (Wildman–Crippen MR) is 84.3 cm³/mol. The molecule has 0 fully saturated rings. The van der Waals surface area contributed by atoms with Crippen LogP contribution in [0.3, 0.4) is 0 Å². The summed E-state index contributed by atoms with van der Waals surface area (Å²) in [6, 6.07) is 9.78. The van der Waals surface area contributed by atoms with Gasteiger partial charge in [0.15, 0.2) is 0 Å². The number of carbonyl (C=O) groups excluding carboxylic acids is 1. The highest BCUT2D eigenvalue weighted by Gasteiger charge is 2.37. The van der Waals surface area contributed by atoms with Crippen LogP contribution in [0.15, 0.2) is 42.5 Å². The van der Waals surface area contributed by atoms with Gasteiger partial charge in [0.2, 0.25) is 0 Å². The zero-order valence-electron chi connectivity index (χ0n) is 12.4. The lowest BCUT2D eigenvalue weighted by atomic mass is 9.98. The summed E-state index contributed by atoms with van der Waals surface area (Å²) in [4.78, 5) is 11.6. The fraction of sp³-hybridized carbons (Fsp3) is 0.235. The third kappa shape index (κ3) is 3.00. The molecule has 7 heteroatoms. The number of hydrogen-bond acceptors (Lipinski definition) is 3. The molecule has 0 radical (unpaired) electrons. The lowest BCUT2D eigenvalue weighted by Crippen LogP contribution is -2.08. The van der Waals surface area contributed by atoms with E-state index >= 15 is 0 Å². The largest absolute Gasteiger partial charge is 0.497 e. The van der Waals surface area contributed by atoms with E-state index in [1.165, 1.54) is 19.2 Å². The van der Waals surface area contributed by atoms with Gasteiger partial charge in [-0.05, 0) is 29.8 Å². The van der Waals surface area contributed by atoms with E-state index in [9.17, 15) is 18.0 Å². The second-order valence-corrected chi connectivity index (χ2v) is 6.29. The molecule has 2 aromatic carbocycles. The highest BCUT2D eigenvalue weighted by Crippen LogP contribution is 2.45. The third-order valence-corrected chi connectivity index (χ3v) is 4.85. The van der Waals surface area contributed by atoms with Gasteiger partial charge in [-0.3, -0.25) is 0 Å². The molecule has 3 nitrogen and oxygen atoms in total. The number of carbonyl (C=O) groups is 1. The molecule has 0 aliphatic carbocycles. The van der Waals surface area contributed by atoms with Crippen molar-refractivity contribution < 1.29 is 27.4 Å². The quantitative estimate of drug-likeness (QED) is 0.533. The summed E-state index contributed by atoms with van der Waals surface area (Å²) in [5.74, 6) is 0.0530. The van der Waals surface area contributed by atoms with E-state index in [0.29, 0.717) is 22.4 Å². The van der Waals surface area contributed by atoms with Gasteiger partial charge >= 0.3 is 12.1 Å². The van der Waals surface area contributed by atoms with Crippen LogP contribution >= 0.6 is 15.9 Å². The molecule has 0 spiro atoms. The van der Waals surface area contributed by atoms with Gasteiger partial charge in [0.1, 0.15) is 11.9 Å². The standard InChI is InChI=1S/C17H12BrF3O3/c1-23-11-6-7-12-13(8-11)16(22)24-15(12)14(18)9-2-4-10(5-3-9)17(19,20)21/h2-8,14-15H,1H3/t14-,15+/m0/s1. The molecule has 3 rings (SSSR count). The van der Waals surface area contributed by atoms with E-state index in [4.69, 9.17) is 9.47 Å². The van der Waals surface area contributed by atoms with E-state index in [0.717, 1.165) is 12.1 Å². The average molecular weight is 401 g/mol. The molecule has 2 aromatic rings. The molecular formula is C17H12BrF3O3. The zero-order valence-corrected chi connectivity index (χ0v) is 14.0. The Morgan fingerprint density at radius 2 is 1.83 bits per heavy atom. The van der Waals surface area contributed by atoms with Gasteiger partial charge in [0, 0.05) is 5.56 Å². The van der Waals surface area contributed by atoms with Gasteiger partial charge in [-0.15, -0.1) is 0 Å². The minimum atomic E-state index is -4.39. The summed E-state index contributed by atoms with van der Waals surface area (Å²) in [5.41, 5.74) is 0.933. The summed E-state index contributed by atoms with van der Waals surface area (Å²) in [6.45, 7) is 0. The van der Waals surface area contributed by atoms with Gasteiger partial charge in [0.05, 0.1) is 23.1 Å². The number of ether oxygens (including phenoxy) is 2. The first-order chi connectivity index (χ1) is 11.3. The first kappa shape index (κ1) is 16.8. The van der Waals surface area contributed by atoms with Gasteiger partial charge in [-0.25, -0.2) is 4.79 Å². The van der Waals surface area contributed by atoms with E-state index in [-0.39, 0.29) is 0 Å². The van der Waals surface area contributed by atoms with Gasteiger partial charge < -0.3 is 9.47 Å². The van der Waals surface area contributed by atoms with E-state index in [2.05, 4.69) is 15.9 Å². The number of esters is 1. The Labute approximate surface area is 144 Å². The molecule has 0 N–H and O–H groups in total. The van der Waals surface area contributed by atoms with Crippen molar-refractivity contribution in [1.82, 2.24) is 0 Å². The number of halogens is 4. The molecule has 0 unspecified atom stereocenters. The van der Waals surface area contributed by atoms with Crippen molar-refractivity contribution in [2.75, 3.05) is 7.11 Å². The van der Waals surface area contributed by atoms with Crippen LogP contribution in [-0.4, -0.2) is 13.1 Å². The van der Waals surface area contributed by atoms with Crippen LogP contribution in [0.4, 0.5) is 13.2 Å². The van der Waals surface area contributed by atoms with Crippen LogP contribution in [0.2, 0.25) is 0 Å². The minimum Gasteiger partial charge on any atom is -0.497 e. The maximum absolute atomic E-state index is 12.6. The Morgan fingerprint density at radius 1 is 1.17 bits per heavy atom. The second-order valence-electron chi connectivity index (χ2n) is 5.30. The molecule has 0 saturated heterocycles. The van der Waals surface area contributed by atoms with Crippen molar-refractivity contribution in [3.8, 4) is 5.75 Å². The maximum atomic E-state index is 12.6. The SMILES string of the molecule is COc1ccc2c(c1)C(=O)O[C@H]2[C@@H](Br)c1ccc(C(F)(F)F)cc1. The number of benzene rings is 2. The maximum Gasteiger partial charge on any atom is 0.416 e. The van der Waals surface area contributed by atoms with Crippen LogP contribution in [0.25, 0.3) is 0 Å². The molecule has 0 saturated carbocycles. The van der Waals surface area contributed by atoms with Crippen molar-refractivity contribution >= 4 is 21.9 Å². The summed E-state index contributed by atoms with van der Waals surface area (Å²) in [5, 5.41) is 0. The monoisotopic (exact) mass is 400 g/mol. The van der Waals surface area contributed by atoms with Crippen LogP contribution in [-0.2, 0) is 10.9 Å². The Kier molecular flexibility index (Phi) is 4.29. The Hall–Kier alpha value is -2.02. The van der Waals surface area contributed by atoms with Gasteiger partial charge in [0.25, 0.3) is 0 Å². The van der Waals surface area contributed by atoms with Crippen molar-refractivity contribution in [2.24, 2.45) is 0 Å². The van der Waals surface area contributed by atoms with Crippen LogP contribution in [0.1, 0.15) is 38.0 Å². The van der Waals surface area contributed by atoms with Crippen molar-refractivity contribution in [3.63, 3.8) is 0 Å². The summed E-state index contributed by atoms with van der Waals surface area (Å²) in [7, 11) is 1.50. The summed E-state index contributed by atoms with van der Waals surface area (Å²) < 4.78 is 48.4. The zero-order chi connectivity index (χ0) is 17.5. The van der Waals surface area contributed by atoms with Crippen molar-refractivity contribution in [1.29, 1.82) is 0 Å².